The lowest BCUT2D eigenvalue weighted by atomic mass is 9.54. The summed E-state index contributed by atoms with van der Waals surface area (Å²) in [6.07, 6.45) is 7.81. The van der Waals surface area contributed by atoms with Crippen LogP contribution in [-0.2, 0) is 4.74 Å². The topological polar surface area (TPSA) is 64.4 Å². The first-order chi connectivity index (χ1) is 14.0. The highest BCUT2D eigenvalue weighted by Gasteiger charge is 2.51. The van der Waals surface area contributed by atoms with Gasteiger partial charge in [0.25, 0.3) is 5.91 Å². The Bertz CT molecular complexity index is 887. The van der Waals surface area contributed by atoms with Crippen LogP contribution in [0, 0.1) is 24.7 Å². The van der Waals surface area contributed by atoms with Crippen molar-refractivity contribution in [3.8, 4) is 11.3 Å². The van der Waals surface area contributed by atoms with Crippen molar-refractivity contribution in [2.45, 2.75) is 51.0 Å². The van der Waals surface area contributed by atoms with Gasteiger partial charge in [0.05, 0.1) is 17.2 Å². The Morgan fingerprint density at radius 2 is 1.86 bits per heavy atom. The zero-order valence-corrected chi connectivity index (χ0v) is 17.5. The summed E-state index contributed by atoms with van der Waals surface area (Å²) in [5.41, 5.74) is 1.68. The van der Waals surface area contributed by atoms with E-state index < -0.39 is 0 Å². The SMILES string of the molecule is Cc1onc(-c2ccccc2Cl)c1C(=O)NCCOC12CC3CC(CC(C3)C1)C2. The third-order valence-electron chi connectivity index (χ3n) is 7.00. The molecule has 154 valence electrons. The van der Waals surface area contributed by atoms with Gasteiger partial charge < -0.3 is 14.6 Å². The summed E-state index contributed by atoms with van der Waals surface area (Å²) in [6, 6.07) is 7.33. The third kappa shape index (κ3) is 3.59. The number of amides is 1. The van der Waals surface area contributed by atoms with Crippen LogP contribution in [0.15, 0.2) is 28.8 Å². The molecule has 1 N–H and O–H groups in total. The molecular formula is C23H27ClN2O3. The largest absolute Gasteiger partial charge is 0.373 e. The van der Waals surface area contributed by atoms with Crippen molar-refractivity contribution in [2.75, 3.05) is 13.2 Å². The highest BCUT2D eigenvalue weighted by molar-refractivity contribution is 6.33. The Labute approximate surface area is 176 Å². The van der Waals surface area contributed by atoms with E-state index in [2.05, 4.69) is 10.5 Å². The number of aromatic nitrogens is 1. The molecule has 0 unspecified atom stereocenters. The molecule has 2 aromatic rings. The zero-order valence-electron chi connectivity index (χ0n) is 16.7. The maximum Gasteiger partial charge on any atom is 0.257 e. The predicted molar refractivity (Wildman–Crippen MR) is 111 cm³/mol. The Kier molecular flexibility index (Phi) is 4.91. The molecule has 0 spiro atoms. The monoisotopic (exact) mass is 414 g/mol. The smallest absolute Gasteiger partial charge is 0.257 e. The molecular weight excluding hydrogens is 388 g/mol. The van der Waals surface area contributed by atoms with Crippen molar-refractivity contribution < 1.29 is 14.1 Å². The van der Waals surface area contributed by atoms with Crippen molar-refractivity contribution in [1.29, 1.82) is 0 Å². The maximum atomic E-state index is 12.8. The molecule has 4 aliphatic carbocycles. The minimum Gasteiger partial charge on any atom is -0.373 e. The van der Waals surface area contributed by atoms with Gasteiger partial charge >= 0.3 is 0 Å². The molecule has 4 bridgehead atoms. The number of nitrogens with zero attached hydrogens (tertiary/aromatic N) is 1. The molecule has 4 aliphatic rings. The van der Waals surface area contributed by atoms with Crippen LogP contribution in [-0.4, -0.2) is 29.8 Å². The molecule has 1 amide bonds. The summed E-state index contributed by atoms with van der Waals surface area (Å²) in [6.45, 7) is 2.77. The highest BCUT2D eigenvalue weighted by atomic mass is 35.5. The zero-order chi connectivity index (χ0) is 20.0. The van der Waals surface area contributed by atoms with E-state index in [0.29, 0.717) is 40.8 Å². The van der Waals surface area contributed by atoms with Gasteiger partial charge in [-0.2, -0.15) is 0 Å². The highest BCUT2D eigenvalue weighted by Crippen LogP contribution is 2.57. The first-order valence-corrected chi connectivity index (χ1v) is 11.0. The number of nitrogens with one attached hydrogen (secondary N) is 1. The number of ether oxygens (including phenoxy) is 1. The third-order valence-corrected chi connectivity index (χ3v) is 7.33. The second-order valence-corrected chi connectivity index (χ2v) is 9.55. The van der Waals surface area contributed by atoms with Gasteiger partial charge in [0.1, 0.15) is 17.0 Å². The number of hydrogen-bond acceptors (Lipinski definition) is 4. The standard InChI is InChI=1S/C23H27ClN2O3/c1-14-20(21(26-29-14)18-4-2-3-5-19(18)24)22(27)25-6-7-28-23-11-15-8-16(12-23)10-17(9-15)13-23/h2-5,15-17H,6-13H2,1H3,(H,25,27). The molecule has 1 aromatic heterocycles. The van der Waals surface area contributed by atoms with E-state index in [1.54, 1.807) is 13.0 Å². The lowest BCUT2D eigenvalue weighted by molar-refractivity contribution is -0.160. The van der Waals surface area contributed by atoms with Gasteiger partial charge in [-0.3, -0.25) is 4.79 Å². The van der Waals surface area contributed by atoms with E-state index in [0.717, 1.165) is 17.8 Å². The summed E-state index contributed by atoms with van der Waals surface area (Å²) in [5, 5.41) is 7.59. The van der Waals surface area contributed by atoms with Gasteiger partial charge in [-0.15, -0.1) is 0 Å². The summed E-state index contributed by atoms with van der Waals surface area (Å²) < 4.78 is 11.7. The van der Waals surface area contributed by atoms with Gasteiger partial charge in [-0.1, -0.05) is 35.0 Å². The van der Waals surface area contributed by atoms with E-state index in [4.69, 9.17) is 20.9 Å². The van der Waals surface area contributed by atoms with Gasteiger partial charge in [0, 0.05) is 12.1 Å². The predicted octanol–water partition coefficient (Wildman–Crippen LogP) is 5.02. The molecule has 0 aliphatic heterocycles. The average molecular weight is 415 g/mol. The fourth-order valence-electron chi connectivity index (χ4n) is 6.21. The Morgan fingerprint density at radius 3 is 2.52 bits per heavy atom. The van der Waals surface area contributed by atoms with E-state index >= 15 is 0 Å². The first kappa shape index (κ1) is 19.1. The molecule has 6 rings (SSSR count). The van der Waals surface area contributed by atoms with Crippen molar-refractivity contribution in [1.82, 2.24) is 10.5 Å². The summed E-state index contributed by atoms with van der Waals surface area (Å²) in [5.74, 6) is 2.85. The van der Waals surface area contributed by atoms with Crippen LogP contribution in [0.1, 0.15) is 54.6 Å². The molecule has 6 heteroatoms. The molecule has 5 nitrogen and oxygen atoms in total. The van der Waals surface area contributed by atoms with Crippen LogP contribution in [0.3, 0.4) is 0 Å². The van der Waals surface area contributed by atoms with E-state index in [9.17, 15) is 4.79 Å². The van der Waals surface area contributed by atoms with E-state index in [-0.39, 0.29) is 11.5 Å². The number of halogens is 1. The van der Waals surface area contributed by atoms with E-state index in [1.165, 1.54) is 38.5 Å². The van der Waals surface area contributed by atoms with Crippen molar-refractivity contribution >= 4 is 17.5 Å². The number of rotatable bonds is 6. The quantitative estimate of drug-likeness (QED) is 0.674. The molecule has 0 saturated heterocycles. The van der Waals surface area contributed by atoms with Gasteiger partial charge in [-0.05, 0) is 69.3 Å². The molecule has 1 heterocycles. The van der Waals surface area contributed by atoms with Gasteiger partial charge in [0.2, 0.25) is 0 Å². The fraction of sp³-hybridized carbons (Fsp3) is 0.565. The molecule has 4 saturated carbocycles. The summed E-state index contributed by atoms with van der Waals surface area (Å²) in [4.78, 5) is 12.8. The number of carbonyl (C=O) groups is 1. The summed E-state index contributed by atoms with van der Waals surface area (Å²) >= 11 is 6.29. The van der Waals surface area contributed by atoms with Crippen LogP contribution < -0.4 is 5.32 Å². The Balaban J connectivity index is 1.21. The Morgan fingerprint density at radius 1 is 1.21 bits per heavy atom. The van der Waals surface area contributed by atoms with Crippen molar-refractivity contribution in [3.05, 3.63) is 40.6 Å². The minimum atomic E-state index is -0.201. The average Bonchev–Trinajstić information content (AvgIpc) is 3.06. The fourth-order valence-corrected chi connectivity index (χ4v) is 6.43. The lowest BCUT2D eigenvalue weighted by Gasteiger charge is -2.56. The van der Waals surface area contributed by atoms with Crippen LogP contribution >= 0.6 is 11.6 Å². The summed E-state index contributed by atoms with van der Waals surface area (Å²) in [7, 11) is 0. The van der Waals surface area contributed by atoms with Crippen LogP contribution in [0.2, 0.25) is 5.02 Å². The van der Waals surface area contributed by atoms with Crippen molar-refractivity contribution in [2.24, 2.45) is 17.8 Å². The number of benzene rings is 1. The minimum absolute atomic E-state index is 0.0648. The number of aryl methyl sites for hydroxylation is 1. The van der Waals surface area contributed by atoms with E-state index in [1.807, 2.05) is 18.2 Å². The lowest BCUT2D eigenvalue weighted by Crippen LogP contribution is -2.52. The van der Waals surface area contributed by atoms with Crippen LogP contribution in [0.25, 0.3) is 11.3 Å². The second-order valence-electron chi connectivity index (χ2n) is 9.15. The van der Waals surface area contributed by atoms with Gasteiger partial charge in [-0.25, -0.2) is 0 Å². The Hall–Kier alpha value is -1.85. The first-order valence-electron chi connectivity index (χ1n) is 10.7. The van der Waals surface area contributed by atoms with Gasteiger partial charge in [0.15, 0.2) is 0 Å². The molecule has 29 heavy (non-hydrogen) atoms. The molecule has 1 aromatic carbocycles. The van der Waals surface area contributed by atoms with Crippen LogP contribution in [0.4, 0.5) is 0 Å². The number of hydrogen-bond donors (Lipinski definition) is 1. The molecule has 4 fully saturated rings. The second kappa shape index (κ2) is 7.44. The van der Waals surface area contributed by atoms with Crippen LogP contribution in [0.5, 0.6) is 0 Å². The molecule has 0 radical (unpaired) electrons. The molecule has 0 atom stereocenters. The number of carbonyl (C=O) groups excluding carboxylic acids is 1. The normalized spacial score (nSPS) is 29.9. The van der Waals surface area contributed by atoms with Crippen molar-refractivity contribution in [3.63, 3.8) is 0 Å². The maximum absolute atomic E-state index is 12.8.